The molecule has 2 atom stereocenters. The first kappa shape index (κ1) is 35.7. The molecule has 0 heterocycles. The second-order valence-electron chi connectivity index (χ2n) is 11.5. The molecule has 0 aliphatic heterocycles. The molecule has 11 heteroatoms. The van der Waals surface area contributed by atoms with Crippen molar-refractivity contribution < 1.29 is 48.0 Å². The maximum atomic E-state index is 12.3. The van der Waals surface area contributed by atoms with Crippen molar-refractivity contribution in [1.82, 2.24) is 5.32 Å². The average Bonchev–Trinajstić information content (AvgIpc) is 2.87. The van der Waals surface area contributed by atoms with E-state index in [0.717, 1.165) is 0 Å². The number of hydrogen-bond donors (Lipinski definition) is 2. The van der Waals surface area contributed by atoms with Gasteiger partial charge in [0.1, 0.15) is 12.1 Å². The van der Waals surface area contributed by atoms with E-state index in [-0.39, 0.29) is 43.6 Å². The first-order valence-corrected chi connectivity index (χ1v) is 14.1. The van der Waals surface area contributed by atoms with Crippen molar-refractivity contribution in [1.29, 1.82) is 0 Å². The van der Waals surface area contributed by atoms with Crippen LogP contribution in [0.4, 0.5) is 9.59 Å². The van der Waals surface area contributed by atoms with Gasteiger partial charge in [0.05, 0.1) is 18.6 Å². The quantitative estimate of drug-likeness (QED) is 0.131. The Bertz CT molecular complexity index is 1000. The first-order chi connectivity index (χ1) is 19.1. The maximum absolute atomic E-state index is 12.3. The second kappa shape index (κ2) is 17.5. The smallest absolute Gasteiger partial charge is 0.480 e. The highest BCUT2D eigenvalue weighted by atomic mass is 16.7. The Hall–Kier alpha value is -3.34. The Labute approximate surface area is 243 Å². The minimum absolute atomic E-state index is 0.00563. The van der Waals surface area contributed by atoms with Crippen LogP contribution < -0.4 is 14.8 Å². The Balaban J connectivity index is 3.00. The molecule has 1 aromatic rings. The van der Waals surface area contributed by atoms with Crippen molar-refractivity contribution in [3.63, 3.8) is 0 Å². The highest BCUT2D eigenvalue weighted by molar-refractivity contribution is 5.76. The van der Waals surface area contributed by atoms with Gasteiger partial charge in [-0.15, -0.1) is 0 Å². The van der Waals surface area contributed by atoms with Gasteiger partial charge in [-0.25, -0.2) is 9.59 Å². The standard InChI is InChI=1S/C30H47NO10/c1-9-30(7,8)27(34)39-21(6)18-31-23(26(32)33)16-22-10-11-24(40-28(35)37-14-12-19(2)3)25(17-22)41-29(36)38-15-13-20(4)5/h10-11,17,19-21,23,31H,9,12-16,18H2,1-8H3,(H,32,33)/t21?,23-/m0/s1. The lowest BCUT2D eigenvalue weighted by atomic mass is 9.90. The number of hydrogen-bond acceptors (Lipinski definition) is 10. The van der Waals surface area contributed by atoms with Crippen molar-refractivity contribution in [2.45, 2.75) is 93.2 Å². The van der Waals surface area contributed by atoms with Crippen molar-refractivity contribution in [2.24, 2.45) is 17.3 Å². The van der Waals surface area contributed by atoms with Gasteiger partial charge < -0.3 is 34.1 Å². The van der Waals surface area contributed by atoms with E-state index in [9.17, 15) is 24.3 Å². The van der Waals surface area contributed by atoms with E-state index < -0.39 is 35.8 Å². The predicted molar refractivity (Wildman–Crippen MR) is 152 cm³/mol. The van der Waals surface area contributed by atoms with Crippen LogP contribution in [0.1, 0.15) is 80.2 Å². The lowest BCUT2D eigenvalue weighted by Crippen LogP contribution is -2.43. The van der Waals surface area contributed by atoms with E-state index in [2.05, 4.69) is 5.32 Å². The number of nitrogens with one attached hydrogen (secondary N) is 1. The Morgan fingerprint density at radius 2 is 1.41 bits per heavy atom. The van der Waals surface area contributed by atoms with Gasteiger partial charge in [0.25, 0.3) is 0 Å². The average molecular weight is 582 g/mol. The number of ether oxygens (including phenoxy) is 5. The monoisotopic (exact) mass is 581 g/mol. The Morgan fingerprint density at radius 1 is 0.878 bits per heavy atom. The van der Waals surface area contributed by atoms with Gasteiger partial charge in [0.2, 0.25) is 0 Å². The highest BCUT2D eigenvalue weighted by Gasteiger charge is 2.29. The van der Waals surface area contributed by atoms with Crippen LogP contribution in [0, 0.1) is 17.3 Å². The predicted octanol–water partition coefficient (Wildman–Crippen LogP) is 5.76. The molecule has 0 spiro atoms. The van der Waals surface area contributed by atoms with Gasteiger partial charge in [0.15, 0.2) is 11.5 Å². The summed E-state index contributed by atoms with van der Waals surface area (Å²) in [4.78, 5) is 48.8. The number of esters is 1. The zero-order chi connectivity index (χ0) is 31.2. The molecular weight excluding hydrogens is 534 g/mol. The molecule has 0 aliphatic rings. The van der Waals surface area contributed by atoms with E-state index in [4.69, 9.17) is 23.7 Å². The van der Waals surface area contributed by atoms with Gasteiger partial charge in [0, 0.05) is 6.54 Å². The van der Waals surface area contributed by atoms with Crippen LogP contribution >= 0.6 is 0 Å². The highest BCUT2D eigenvalue weighted by Crippen LogP contribution is 2.30. The molecule has 0 saturated heterocycles. The summed E-state index contributed by atoms with van der Waals surface area (Å²) in [6.07, 6.45) is -0.626. The van der Waals surface area contributed by atoms with Crippen LogP contribution in [0.2, 0.25) is 0 Å². The van der Waals surface area contributed by atoms with Gasteiger partial charge in [-0.05, 0) is 76.0 Å². The van der Waals surface area contributed by atoms with Gasteiger partial charge in [-0.3, -0.25) is 9.59 Å². The molecule has 0 aromatic heterocycles. The number of carbonyl (C=O) groups is 4. The molecule has 0 radical (unpaired) electrons. The molecular formula is C30H47NO10. The van der Waals surface area contributed by atoms with E-state index in [0.29, 0.717) is 36.7 Å². The summed E-state index contributed by atoms with van der Waals surface area (Å²) in [5.74, 6) is -1.04. The number of carboxylic acid groups (broad SMARTS) is 1. The molecule has 232 valence electrons. The molecule has 11 nitrogen and oxygen atoms in total. The van der Waals surface area contributed by atoms with E-state index in [1.54, 1.807) is 26.8 Å². The van der Waals surface area contributed by atoms with Crippen LogP contribution in [-0.2, 0) is 30.2 Å². The minimum atomic E-state index is -1.12. The van der Waals surface area contributed by atoms with E-state index in [1.165, 1.54) is 12.1 Å². The van der Waals surface area contributed by atoms with Crippen molar-refractivity contribution >= 4 is 24.2 Å². The summed E-state index contributed by atoms with van der Waals surface area (Å²) >= 11 is 0. The number of carbonyl (C=O) groups excluding carboxylic acids is 3. The molecule has 0 saturated carbocycles. The first-order valence-electron chi connectivity index (χ1n) is 14.1. The second-order valence-corrected chi connectivity index (χ2v) is 11.5. The summed E-state index contributed by atoms with van der Waals surface area (Å²) in [7, 11) is 0. The molecule has 2 N–H and O–H groups in total. The largest absolute Gasteiger partial charge is 0.513 e. The van der Waals surface area contributed by atoms with E-state index >= 15 is 0 Å². The fraction of sp³-hybridized carbons (Fsp3) is 0.667. The summed E-state index contributed by atoms with van der Waals surface area (Å²) in [6.45, 7) is 15.5. The van der Waals surface area contributed by atoms with Crippen molar-refractivity contribution in [3.05, 3.63) is 23.8 Å². The minimum Gasteiger partial charge on any atom is -0.480 e. The number of benzene rings is 1. The lowest BCUT2D eigenvalue weighted by Gasteiger charge is -2.24. The molecule has 0 fully saturated rings. The third-order valence-electron chi connectivity index (χ3n) is 6.36. The molecule has 0 aliphatic carbocycles. The van der Waals surface area contributed by atoms with Crippen LogP contribution in [0.3, 0.4) is 0 Å². The third-order valence-corrected chi connectivity index (χ3v) is 6.36. The van der Waals surface area contributed by atoms with Gasteiger partial charge >= 0.3 is 24.2 Å². The van der Waals surface area contributed by atoms with Crippen LogP contribution in [0.25, 0.3) is 0 Å². The molecule has 1 unspecified atom stereocenters. The molecule has 1 rings (SSSR count). The van der Waals surface area contributed by atoms with E-state index in [1.807, 2.05) is 34.6 Å². The molecule has 1 aromatic carbocycles. The fourth-order valence-corrected chi connectivity index (χ4v) is 3.16. The van der Waals surface area contributed by atoms with Crippen molar-refractivity contribution in [3.8, 4) is 11.5 Å². The summed E-state index contributed by atoms with van der Waals surface area (Å²) < 4.78 is 26.2. The topological polar surface area (TPSA) is 147 Å². The fourth-order valence-electron chi connectivity index (χ4n) is 3.16. The SMILES string of the molecule is CCC(C)(C)C(=O)OC(C)CN[C@@H](Cc1ccc(OC(=O)OCCC(C)C)c(OC(=O)OCCC(C)C)c1)C(=O)O. The zero-order valence-corrected chi connectivity index (χ0v) is 25.6. The number of aliphatic carboxylic acids is 1. The van der Waals surface area contributed by atoms with Gasteiger partial charge in [-0.1, -0.05) is 40.7 Å². The molecule has 0 bridgehead atoms. The van der Waals surface area contributed by atoms with Crippen molar-refractivity contribution in [2.75, 3.05) is 19.8 Å². The van der Waals surface area contributed by atoms with Gasteiger partial charge in [-0.2, -0.15) is 0 Å². The Morgan fingerprint density at radius 3 is 1.90 bits per heavy atom. The summed E-state index contributed by atoms with van der Waals surface area (Å²) in [6, 6.07) is 3.31. The normalized spacial score (nSPS) is 12.9. The third kappa shape index (κ3) is 14.2. The summed E-state index contributed by atoms with van der Waals surface area (Å²) in [5, 5.41) is 12.7. The lowest BCUT2D eigenvalue weighted by molar-refractivity contribution is -0.158. The summed E-state index contributed by atoms with van der Waals surface area (Å²) in [5.41, 5.74) is -0.163. The zero-order valence-electron chi connectivity index (χ0n) is 25.6. The van der Waals surface area contributed by atoms with Crippen LogP contribution in [0.15, 0.2) is 18.2 Å². The van der Waals surface area contributed by atoms with Crippen LogP contribution in [0.5, 0.6) is 11.5 Å². The molecule has 0 amide bonds. The maximum Gasteiger partial charge on any atom is 0.513 e. The molecule has 41 heavy (non-hydrogen) atoms. The number of carboxylic acids is 1. The Kier molecular flexibility index (Phi) is 15.2. The number of rotatable bonds is 17. The van der Waals surface area contributed by atoms with Crippen LogP contribution in [-0.4, -0.2) is 61.3 Å².